The van der Waals surface area contributed by atoms with Crippen LogP contribution in [-0.4, -0.2) is 48.8 Å². The van der Waals surface area contributed by atoms with E-state index in [1.165, 1.54) is 43.8 Å². The molecule has 196 valence electrons. The summed E-state index contributed by atoms with van der Waals surface area (Å²) < 4.78 is 71.1. The van der Waals surface area contributed by atoms with E-state index < -0.39 is 50.1 Å². The van der Waals surface area contributed by atoms with Crippen LogP contribution in [0.4, 0.5) is 18.9 Å². The summed E-state index contributed by atoms with van der Waals surface area (Å²) in [6.45, 7) is 1.03. The molecule has 1 aliphatic rings. The van der Waals surface area contributed by atoms with Crippen LogP contribution in [0.1, 0.15) is 40.2 Å². The van der Waals surface area contributed by atoms with Gasteiger partial charge in [-0.2, -0.15) is 13.2 Å². The Bertz CT molecular complexity index is 1490. The van der Waals surface area contributed by atoms with Gasteiger partial charge in [-0.05, 0) is 43.5 Å². The lowest BCUT2D eigenvalue weighted by atomic mass is 10.1. The lowest BCUT2D eigenvalue weighted by Gasteiger charge is -2.17. The Hall–Kier alpha value is -3.85. The van der Waals surface area contributed by atoms with Gasteiger partial charge in [0.25, 0.3) is 23.5 Å². The average Bonchev–Trinajstić information content (AvgIpc) is 3.56. The second-order valence-electron chi connectivity index (χ2n) is 8.38. The molecule has 3 aromatic rings. The predicted molar refractivity (Wildman–Crippen MR) is 123 cm³/mol. The van der Waals surface area contributed by atoms with E-state index in [2.05, 4.69) is 25.5 Å². The molecule has 0 saturated heterocycles. The minimum absolute atomic E-state index is 0.0828. The van der Waals surface area contributed by atoms with Gasteiger partial charge in [0.1, 0.15) is 11.2 Å². The quantitative estimate of drug-likeness (QED) is 0.408. The molecule has 3 N–H and O–H groups in total. The zero-order valence-electron chi connectivity index (χ0n) is 19.7. The Morgan fingerprint density at radius 3 is 2.51 bits per heavy atom. The molecular formula is C22H21F3N6O5S. The fraction of sp³-hybridized carbons (Fsp3) is 0.318. The Morgan fingerprint density at radius 2 is 1.92 bits per heavy atom. The number of nitrogens with zero attached hydrogens (tertiary/aromatic N) is 4. The number of carbonyl (C=O) groups is 1. The number of hydrogen-bond acceptors (Lipinski definition) is 10. The predicted octanol–water partition coefficient (Wildman–Crippen LogP) is 3.66. The first-order valence-electron chi connectivity index (χ1n) is 10.6. The van der Waals surface area contributed by atoms with Gasteiger partial charge in [0.05, 0.1) is 28.7 Å². The van der Waals surface area contributed by atoms with Crippen molar-refractivity contribution < 1.29 is 36.8 Å². The number of ether oxygens (including phenoxy) is 2. The molecule has 1 amide bonds. The fourth-order valence-electron chi connectivity index (χ4n) is 3.37. The molecule has 1 unspecified atom stereocenters. The van der Waals surface area contributed by atoms with Crippen LogP contribution in [0.3, 0.4) is 0 Å². The molecule has 15 heteroatoms. The van der Waals surface area contributed by atoms with Crippen molar-refractivity contribution in [1.82, 2.24) is 20.2 Å². The second kappa shape index (κ2) is 9.23. The highest BCUT2D eigenvalue weighted by Crippen LogP contribution is 2.45. The van der Waals surface area contributed by atoms with Crippen molar-refractivity contribution in [2.24, 2.45) is 0 Å². The maximum absolute atomic E-state index is 13.5. The topological polar surface area (TPSA) is 160 Å². The molecule has 1 aliphatic carbocycles. The highest BCUT2D eigenvalue weighted by atomic mass is 32.2. The van der Waals surface area contributed by atoms with Crippen LogP contribution in [0.15, 0.2) is 35.4 Å². The minimum Gasteiger partial charge on any atom is -0.477 e. The zero-order valence-corrected chi connectivity index (χ0v) is 20.5. The SMILES string of the molecule is COc1nc(C2(O)CC2)cnc1Oc1nnc(C(F)(F)F)c(C)c1C(=O)Nc1cccc(S(C)(=N)=O)c1. The summed E-state index contributed by atoms with van der Waals surface area (Å²) in [6.07, 6.45) is -1.54. The molecular weight excluding hydrogens is 517 g/mol. The number of halogens is 3. The van der Waals surface area contributed by atoms with Gasteiger partial charge in [0, 0.05) is 16.8 Å². The van der Waals surface area contributed by atoms with Crippen molar-refractivity contribution >= 4 is 21.3 Å². The van der Waals surface area contributed by atoms with Crippen molar-refractivity contribution in [3.63, 3.8) is 0 Å². The number of carbonyl (C=O) groups excluding carboxylic acids is 1. The summed E-state index contributed by atoms with van der Waals surface area (Å²) >= 11 is 0. The smallest absolute Gasteiger partial charge is 0.435 e. The number of benzene rings is 1. The molecule has 4 rings (SSSR count). The zero-order chi connectivity index (χ0) is 27.2. The minimum atomic E-state index is -4.91. The summed E-state index contributed by atoms with van der Waals surface area (Å²) in [5.74, 6) is -2.15. The Morgan fingerprint density at radius 1 is 1.22 bits per heavy atom. The summed E-state index contributed by atoms with van der Waals surface area (Å²) in [6, 6.07) is 5.55. The normalized spacial score (nSPS) is 16.0. The Kier molecular flexibility index (Phi) is 6.54. The van der Waals surface area contributed by atoms with E-state index in [4.69, 9.17) is 14.3 Å². The van der Waals surface area contributed by atoms with Gasteiger partial charge in [0.15, 0.2) is 5.69 Å². The monoisotopic (exact) mass is 538 g/mol. The van der Waals surface area contributed by atoms with E-state index in [1.54, 1.807) is 0 Å². The van der Waals surface area contributed by atoms with Gasteiger partial charge in [-0.25, -0.2) is 19.0 Å². The lowest BCUT2D eigenvalue weighted by molar-refractivity contribution is -0.142. The first kappa shape index (κ1) is 26.2. The number of aliphatic hydroxyl groups is 1. The first-order chi connectivity index (χ1) is 17.2. The van der Waals surface area contributed by atoms with Gasteiger partial charge in [-0.3, -0.25) is 4.79 Å². The van der Waals surface area contributed by atoms with E-state index in [0.29, 0.717) is 12.8 Å². The van der Waals surface area contributed by atoms with Crippen LogP contribution in [0.5, 0.6) is 17.6 Å². The Balaban J connectivity index is 1.75. The number of aromatic nitrogens is 4. The van der Waals surface area contributed by atoms with Gasteiger partial charge in [-0.15, -0.1) is 10.2 Å². The second-order valence-corrected chi connectivity index (χ2v) is 10.5. The molecule has 11 nitrogen and oxygen atoms in total. The van der Waals surface area contributed by atoms with Crippen LogP contribution in [0, 0.1) is 11.7 Å². The summed E-state index contributed by atoms with van der Waals surface area (Å²) in [5, 5.41) is 19.3. The van der Waals surface area contributed by atoms with Crippen molar-refractivity contribution in [1.29, 1.82) is 4.78 Å². The molecule has 1 aromatic carbocycles. The van der Waals surface area contributed by atoms with E-state index in [1.807, 2.05) is 0 Å². The van der Waals surface area contributed by atoms with Crippen LogP contribution in [0.25, 0.3) is 0 Å². The summed E-state index contributed by atoms with van der Waals surface area (Å²) in [7, 11) is -1.87. The molecule has 1 atom stereocenters. The van der Waals surface area contributed by atoms with Gasteiger partial charge in [0.2, 0.25) is 0 Å². The van der Waals surface area contributed by atoms with Crippen molar-refractivity contribution in [3.05, 3.63) is 53.0 Å². The third-order valence-corrected chi connectivity index (χ3v) is 6.67. The fourth-order valence-corrected chi connectivity index (χ4v) is 4.06. The maximum Gasteiger partial charge on any atom is 0.435 e. The number of alkyl halides is 3. The average molecular weight is 539 g/mol. The molecule has 1 fully saturated rings. The molecule has 2 heterocycles. The lowest BCUT2D eigenvalue weighted by Crippen LogP contribution is -2.21. The number of hydrogen-bond donors (Lipinski definition) is 3. The third kappa shape index (κ3) is 5.46. The molecule has 0 radical (unpaired) electrons. The number of amides is 1. The molecule has 1 saturated carbocycles. The van der Waals surface area contributed by atoms with Crippen molar-refractivity contribution in [2.45, 2.75) is 36.4 Å². The van der Waals surface area contributed by atoms with E-state index in [-0.39, 0.29) is 28.0 Å². The van der Waals surface area contributed by atoms with Crippen molar-refractivity contribution in [2.75, 3.05) is 18.7 Å². The maximum atomic E-state index is 13.5. The number of rotatable bonds is 7. The molecule has 0 aliphatic heterocycles. The number of nitrogens with one attached hydrogen (secondary N) is 2. The summed E-state index contributed by atoms with van der Waals surface area (Å²) in [4.78, 5) is 21.5. The Labute approximate surface area is 209 Å². The highest BCUT2D eigenvalue weighted by Gasteiger charge is 2.44. The van der Waals surface area contributed by atoms with Crippen molar-refractivity contribution in [3.8, 4) is 17.6 Å². The largest absolute Gasteiger partial charge is 0.477 e. The van der Waals surface area contributed by atoms with Crippen LogP contribution >= 0.6 is 0 Å². The van der Waals surface area contributed by atoms with Gasteiger partial charge >= 0.3 is 6.18 Å². The van der Waals surface area contributed by atoms with Gasteiger partial charge in [-0.1, -0.05) is 6.07 Å². The molecule has 2 aromatic heterocycles. The molecule has 0 bridgehead atoms. The number of anilines is 1. The first-order valence-corrected chi connectivity index (χ1v) is 12.6. The van der Waals surface area contributed by atoms with Crippen LogP contribution < -0.4 is 14.8 Å². The number of methoxy groups -OCH3 is 1. The van der Waals surface area contributed by atoms with Gasteiger partial charge < -0.3 is 19.9 Å². The van der Waals surface area contributed by atoms with E-state index in [0.717, 1.165) is 6.92 Å². The summed E-state index contributed by atoms with van der Waals surface area (Å²) in [5.41, 5.74) is -3.38. The standard InChI is InChI=1S/C22H21F3N6O5S/c1-11-15(17(32)28-12-5-4-6-13(9-12)37(3,26)34)18(31-30-16(11)22(23,24)25)36-19-20(35-2)29-14(10-27-19)21(33)7-8-21/h4-6,9-10,26,33H,7-8H2,1-3H3,(H,28,32). The third-order valence-electron chi connectivity index (χ3n) is 5.52. The van der Waals surface area contributed by atoms with E-state index >= 15 is 0 Å². The van der Waals surface area contributed by atoms with Crippen LogP contribution in [0.2, 0.25) is 0 Å². The van der Waals surface area contributed by atoms with E-state index in [9.17, 15) is 27.3 Å². The molecule has 37 heavy (non-hydrogen) atoms. The molecule has 0 spiro atoms. The van der Waals surface area contributed by atoms with Crippen LogP contribution in [-0.2, 0) is 21.5 Å². The highest BCUT2D eigenvalue weighted by molar-refractivity contribution is 7.91.